The first kappa shape index (κ1) is 44.2. The predicted octanol–water partition coefficient (Wildman–Crippen LogP) is 16.3. The zero-order chi connectivity index (χ0) is 50.2. The molecule has 8 aromatic carbocycles. The summed E-state index contributed by atoms with van der Waals surface area (Å²) in [6, 6.07) is 53.1. The van der Waals surface area contributed by atoms with Gasteiger partial charge in [0.25, 0.3) is 0 Å². The molecule has 1 N–H and O–H groups in total. The molecule has 0 unspecified atom stereocenters. The SMILES string of the molecule is C=C1C=C(c2ccccc2)N(C)c2cc3c(cc21)Bc1c(-c2cc4c(cc2Nc2ccc(C(C)(C)C)cc2)oc2cc5c(cc24)C(C)(C)CCC5(C)C)ccc2c4cc5c(cc4n-3c12)C(C)(C)c1ccccc1-5. The Morgan fingerprint density at radius 1 is 0.589 bits per heavy atom. The Morgan fingerprint density at radius 3 is 2.03 bits per heavy atom. The van der Waals surface area contributed by atoms with E-state index in [9.17, 15) is 0 Å². The zero-order valence-corrected chi connectivity index (χ0v) is 44.0. The molecule has 0 saturated carbocycles. The molecule has 4 aliphatic rings. The molecule has 2 aliphatic carbocycles. The van der Waals surface area contributed by atoms with Gasteiger partial charge in [0.15, 0.2) is 7.28 Å². The van der Waals surface area contributed by atoms with Crippen LogP contribution in [0.4, 0.5) is 17.1 Å². The Labute approximate surface area is 430 Å². The van der Waals surface area contributed by atoms with Crippen molar-refractivity contribution >= 4 is 90.3 Å². The minimum absolute atomic E-state index is 0.0484. The van der Waals surface area contributed by atoms with Crippen LogP contribution in [-0.2, 0) is 21.7 Å². The summed E-state index contributed by atoms with van der Waals surface area (Å²) in [7, 11) is 2.98. The Morgan fingerprint density at radius 2 is 1.27 bits per heavy atom. The van der Waals surface area contributed by atoms with E-state index in [1.165, 1.54) is 111 Å². The van der Waals surface area contributed by atoms with Crippen LogP contribution in [0.1, 0.15) is 114 Å². The first-order valence-corrected chi connectivity index (χ1v) is 26.4. The predicted molar refractivity (Wildman–Crippen MR) is 313 cm³/mol. The number of hydrogen-bond donors (Lipinski definition) is 1. The van der Waals surface area contributed by atoms with Crippen molar-refractivity contribution in [2.24, 2.45) is 0 Å². The van der Waals surface area contributed by atoms with E-state index in [1.807, 2.05) is 0 Å². The van der Waals surface area contributed by atoms with Gasteiger partial charge in [0.05, 0.1) is 16.9 Å². The molecule has 0 spiro atoms. The number of fused-ring (bicyclic) bond motifs is 13. The summed E-state index contributed by atoms with van der Waals surface area (Å²) >= 11 is 0. The average molecular weight is 948 g/mol. The second kappa shape index (κ2) is 14.8. The summed E-state index contributed by atoms with van der Waals surface area (Å²) < 4.78 is 9.61. The quantitative estimate of drug-likeness (QED) is 0.179. The van der Waals surface area contributed by atoms with E-state index in [4.69, 9.17) is 11.0 Å². The van der Waals surface area contributed by atoms with Gasteiger partial charge in [0.1, 0.15) is 11.2 Å². The lowest BCUT2D eigenvalue weighted by molar-refractivity contribution is 0.332. The largest absolute Gasteiger partial charge is 0.456 e. The van der Waals surface area contributed by atoms with Crippen molar-refractivity contribution in [2.45, 2.75) is 96.8 Å². The molecule has 0 fully saturated rings. The van der Waals surface area contributed by atoms with Crippen molar-refractivity contribution in [3.63, 3.8) is 0 Å². The molecule has 0 bridgehead atoms. The van der Waals surface area contributed by atoms with Crippen LogP contribution in [0.2, 0.25) is 0 Å². The number of nitrogens with one attached hydrogen (secondary N) is 1. The number of furan rings is 1. The number of nitrogens with zero attached hydrogens (tertiary/aromatic N) is 2. The van der Waals surface area contributed by atoms with E-state index in [2.05, 4.69) is 230 Å². The summed E-state index contributed by atoms with van der Waals surface area (Å²) in [5, 5.41) is 8.87. The molecule has 4 heterocycles. The highest BCUT2D eigenvalue weighted by Crippen LogP contribution is 2.53. The monoisotopic (exact) mass is 947 g/mol. The normalized spacial score (nSPS) is 16.8. The topological polar surface area (TPSA) is 33.3 Å². The van der Waals surface area contributed by atoms with Crippen LogP contribution < -0.4 is 21.1 Å². The highest BCUT2D eigenvalue weighted by molar-refractivity contribution is 6.73. The molecular formula is C68H62BN3O. The molecule has 2 aliphatic heterocycles. The van der Waals surface area contributed by atoms with Gasteiger partial charge in [0.2, 0.25) is 0 Å². The lowest BCUT2D eigenvalue weighted by Gasteiger charge is -2.41. The highest BCUT2D eigenvalue weighted by Gasteiger charge is 2.40. The van der Waals surface area contributed by atoms with Gasteiger partial charge in [-0.3, -0.25) is 0 Å². The molecule has 73 heavy (non-hydrogen) atoms. The van der Waals surface area contributed by atoms with Gasteiger partial charge < -0.3 is 19.2 Å². The van der Waals surface area contributed by atoms with E-state index < -0.39 is 0 Å². The molecule has 358 valence electrons. The van der Waals surface area contributed by atoms with Gasteiger partial charge in [0, 0.05) is 73.8 Å². The van der Waals surface area contributed by atoms with Crippen molar-refractivity contribution in [2.75, 3.05) is 17.3 Å². The number of hydrogen-bond acceptors (Lipinski definition) is 3. The van der Waals surface area contributed by atoms with Crippen molar-refractivity contribution in [1.82, 2.24) is 4.57 Å². The van der Waals surface area contributed by atoms with E-state index in [0.717, 1.165) is 59.3 Å². The maximum atomic E-state index is 6.98. The second-order valence-electron chi connectivity index (χ2n) is 24.7. The first-order chi connectivity index (χ1) is 34.9. The van der Waals surface area contributed by atoms with Crippen LogP contribution in [0.3, 0.4) is 0 Å². The second-order valence-corrected chi connectivity index (χ2v) is 24.7. The summed E-state index contributed by atoms with van der Waals surface area (Å²) in [6.45, 7) is 26.0. The molecule has 0 radical (unpaired) electrons. The third kappa shape index (κ3) is 6.33. The first-order valence-electron chi connectivity index (χ1n) is 26.4. The number of anilines is 3. The molecule has 0 atom stereocenters. The zero-order valence-electron chi connectivity index (χ0n) is 44.0. The average Bonchev–Trinajstić information content (AvgIpc) is 3.97. The number of allylic oxidation sites excluding steroid dienone is 2. The van der Waals surface area contributed by atoms with Crippen molar-refractivity contribution in [1.29, 1.82) is 0 Å². The van der Waals surface area contributed by atoms with Crippen molar-refractivity contribution < 1.29 is 4.42 Å². The fourth-order valence-corrected chi connectivity index (χ4v) is 13.5. The van der Waals surface area contributed by atoms with E-state index >= 15 is 0 Å². The Kier molecular flexibility index (Phi) is 8.98. The van der Waals surface area contributed by atoms with Crippen LogP contribution >= 0.6 is 0 Å². The number of aromatic nitrogens is 1. The lowest BCUT2D eigenvalue weighted by atomic mass is 9.58. The molecule has 2 aromatic heterocycles. The van der Waals surface area contributed by atoms with E-state index in [-0.39, 0.29) is 21.7 Å². The molecule has 14 rings (SSSR count). The summed E-state index contributed by atoms with van der Waals surface area (Å²) in [5.41, 5.74) is 28.1. The van der Waals surface area contributed by atoms with Crippen LogP contribution in [0, 0.1) is 0 Å². The maximum Gasteiger partial charge on any atom is 0.198 e. The van der Waals surface area contributed by atoms with Gasteiger partial charge in [-0.15, -0.1) is 0 Å². The third-order valence-corrected chi connectivity index (χ3v) is 17.9. The molecule has 4 nitrogen and oxygen atoms in total. The van der Waals surface area contributed by atoms with Gasteiger partial charge in [-0.25, -0.2) is 0 Å². The molecular weight excluding hydrogens is 886 g/mol. The Bertz CT molecular complexity index is 4110. The number of rotatable bonds is 4. The van der Waals surface area contributed by atoms with Crippen LogP contribution in [-0.4, -0.2) is 18.9 Å². The Balaban J connectivity index is 1.04. The highest BCUT2D eigenvalue weighted by atomic mass is 16.3. The smallest absolute Gasteiger partial charge is 0.198 e. The van der Waals surface area contributed by atoms with Gasteiger partial charge in [-0.05, 0) is 145 Å². The fraction of sp³-hybridized carbons (Fsp3) is 0.235. The minimum Gasteiger partial charge on any atom is -0.456 e. The van der Waals surface area contributed by atoms with Crippen molar-refractivity contribution in [3.05, 3.63) is 191 Å². The maximum absolute atomic E-state index is 6.98. The molecule has 10 aromatic rings. The molecule has 5 heteroatoms. The summed E-state index contributed by atoms with van der Waals surface area (Å²) in [4.78, 5) is 2.36. The van der Waals surface area contributed by atoms with Crippen molar-refractivity contribution in [3.8, 4) is 27.9 Å². The van der Waals surface area contributed by atoms with Gasteiger partial charge >= 0.3 is 0 Å². The third-order valence-electron chi connectivity index (χ3n) is 17.9. The summed E-state index contributed by atoms with van der Waals surface area (Å²) in [6.07, 6.45) is 4.57. The van der Waals surface area contributed by atoms with Gasteiger partial charge in [-0.2, -0.15) is 0 Å². The molecule has 0 saturated heterocycles. The lowest BCUT2D eigenvalue weighted by Crippen LogP contribution is -2.38. The van der Waals surface area contributed by atoms with Crippen LogP contribution in [0.25, 0.3) is 83.0 Å². The molecule has 0 amide bonds. The van der Waals surface area contributed by atoms with Crippen LogP contribution in [0.5, 0.6) is 0 Å². The fourth-order valence-electron chi connectivity index (χ4n) is 13.5. The standard InChI is InChI=1S/C68H62BN3O/c1-38-29-57(39-17-13-12-14-18-39)71(11)58-37-60-55(33-45(38)58)69-63-43(25-26-44-48-30-46-42-19-15-16-20-51(42)68(9,10)52(46)34-59(48)72(60)64(44)63)47-31-49-50-32-53-54(67(7,8)28-27-66(53,5)6)35-61(50)73-62(49)36-56(47)70-41-23-21-40(22-24-41)65(2,3)4/h12-26,29-37,69-70H,1,27-28H2,2-11H3. The van der Waals surface area contributed by atoms with E-state index in [1.54, 1.807) is 0 Å². The minimum atomic E-state index is -0.149. The summed E-state index contributed by atoms with van der Waals surface area (Å²) in [5.74, 6) is 0. The van der Waals surface area contributed by atoms with E-state index in [0.29, 0.717) is 0 Å². The van der Waals surface area contributed by atoms with Gasteiger partial charge in [-0.1, -0.05) is 159 Å². The Hall–Kier alpha value is -7.50. The van der Waals surface area contributed by atoms with Crippen LogP contribution in [0.15, 0.2) is 157 Å². The number of benzene rings is 8.